The summed E-state index contributed by atoms with van der Waals surface area (Å²) in [5, 5.41) is 7.58. The fourth-order valence-electron chi connectivity index (χ4n) is 4.56. The number of benzene rings is 2. The van der Waals surface area contributed by atoms with Gasteiger partial charge in [0.25, 0.3) is 0 Å². The van der Waals surface area contributed by atoms with Gasteiger partial charge in [0.2, 0.25) is 11.8 Å². The first-order valence-corrected chi connectivity index (χ1v) is 10.4. The zero-order valence-corrected chi connectivity index (χ0v) is 16.6. The predicted octanol–water partition coefficient (Wildman–Crippen LogP) is 2.03. The summed E-state index contributed by atoms with van der Waals surface area (Å²) >= 11 is 0. The Labute approximate surface area is 175 Å². The molecule has 3 heterocycles. The fraction of sp³-hybridized carbons (Fsp3) is 0.292. The minimum absolute atomic E-state index is 0.0135. The maximum Gasteiger partial charge on any atom is 0.246 e. The number of para-hydroxylation sites is 1. The van der Waals surface area contributed by atoms with Gasteiger partial charge in [-0.15, -0.1) is 0 Å². The van der Waals surface area contributed by atoms with Crippen LogP contribution in [0.4, 0.5) is 0 Å². The minimum atomic E-state index is -0.489. The third kappa shape index (κ3) is 3.55. The van der Waals surface area contributed by atoms with E-state index in [-0.39, 0.29) is 23.9 Å². The van der Waals surface area contributed by atoms with Crippen LogP contribution < -0.4 is 10.6 Å². The van der Waals surface area contributed by atoms with Gasteiger partial charge in [-0.2, -0.15) is 0 Å². The second-order valence-electron chi connectivity index (χ2n) is 8.06. The van der Waals surface area contributed by atoms with Crippen LogP contribution in [-0.4, -0.2) is 46.4 Å². The summed E-state index contributed by atoms with van der Waals surface area (Å²) < 4.78 is 0. The number of pyridine rings is 1. The van der Waals surface area contributed by atoms with Gasteiger partial charge in [-0.05, 0) is 23.6 Å². The van der Waals surface area contributed by atoms with Gasteiger partial charge in [0.1, 0.15) is 12.1 Å². The van der Waals surface area contributed by atoms with Gasteiger partial charge in [-0.25, -0.2) is 0 Å². The Hall–Kier alpha value is -3.25. The van der Waals surface area contributed by atoms with Crippen LogP contribution in [0.5, 0.6) is 0 Å². The number of piperazine rings is 1. The molecule has 1 aromatic heterocycles. The van der Waals surface area contributed by atoms with E-state index in [1.54, 1.807) is 11.1 Å². The van der Waals surface area contributed by atoms with E-state index < -0.39 is 6.04 Å². The monoisotopic (exact) mass is 400 g/mol. The summed E-state index contributed by atoms with van der Waals surface area (Å²) in [4.78, 5) is 32.0. The van der Waals surface area contributed by atoms with Crippen molar-refractivity contribution in [3.63, 3.8) is 0 Å². The molecule has 0 spiro atoms. The van der Waals surface area contributed by atoms with Crippen molar-refractivity contribution in [2.24, 2.45) is 0 Å². The van der Waals surface area contributed by atoms with Gasteiger partial charge in [0.15, 0.2) is 0 Å². The first kappa shape index (κ1) is 18.8. The highest BCUT2D eigenvalue weighted by atomic mass is 16.2. The van der Waals surface area contributed by atoms with E-state index in [4.69, 9.17) is 0 Å². The van der Waals surface area contributed by atoms with Crippen molar-refractivity contribution >= 4 is 22.7 Å². The van der Waals surface area contributed by atoms with E-state index in [0.29, 0.717) is 25.9 Å². The maximum absolute atomic E-state index is 13.0. The number of amides is 2. The van der Waals surface area contributed by atoms with E-state index >= 15 is 0 Å². The molecule has 3 aromatic rings. The van der Waals surface area contributed by atoms with Crippen molar-refractivity contribution in [1.82, 2.24) is 20.5 Å². The number of rotatable bonds is 5. The van der Waals surface area contributed by atoms with Crippen LogP contribution in [0.1, 0.15) is 17.5 Å². The lowest BCUT2D eigenvalue weighted by molar-refractivity contribution is -0.147. The van der Waals surface area contributed by atoms with E-state index in [1.807, 2.05) is 42.5 Å². The molecule has 0 saturated carbocycles. The molecule has 2 aliphatic rings. The summed E-state index contributed by atoms with van der Waals surface area (Å²) in [7, 11) is 0. The molecule has 2 aliphatic heterocycles. The summed E-state index contributed by atoms with van der Waals surface area (Å²) in [6, 6.07) is 19.2. The Morgan fingerprint density at radius 2 is 1.87 bits per heavy atom. The standard InChI is InChI=1S/C24H24N4O2/c29-23-21-13-19(26-14-18-9-4-8-17-10-5-11-25-22(17)18)15-28(21)24(30)20(27-23)12-16-6-2-1-3-7-16/h1-11,19-21,26H,12-15H2,(H,27,29)/t19-,20+,21-/m0/s1. The van der Waals surface area contributed by atoms with Gasteiger partial charge in [0.05, 0.1) is 5.52 Å². The molecule has 0 aliphatic carbocycles. The number of aromatic nitrogens is 1. The molecule has 30 heavy (non-hydrogen) atoms. The third-order valence-corrected chi connectivity index (χ3v) is 6.08. The molecule has 0 bridgehead atoms. The molecular weight excluding hydrogens is 376 g/mol. The average molecular weight is 400 g/mol. The highest BCUT2D eigenvalue weighted by molar-refractivity contribution is 5.97. The number of fused-ring (bicyclic) bond motifs is 2. The Kier molecular flexibility index (Phi) is 4.93. The highest BCUT2D eigenvalue weighted by Crippen LogP contribution is 2.25. The molecular formula is C24H24N4O2. The molecule has 5 rings (SSSR count). The Morgan fingerprint density at radius 1 is 1.03 bits per heavy atom. The van der Waals surface area contributed by atoms with E-state index in [2.05, 4.69) is 33.8 Å². The predicted molar refractivity (Wildman–Crippen MR) is 115 cm³/mol. The van der Waals surface area contributed by atoms with Crippen molar-refractivity contribution in [3.8, 4) is 0 Å². The molecule has 2 saturated heterocycles. The average Bonchev–Trinajstić information content (AvgIpc) is 3.22. The van der Waals surface area contributed by atoms with Crippen LogP contribution in [0, 0.1) is 0 Å². The van der Waals surface area contributed by atoms with Gasteiger partial charge >= 0.3 is 0 Å². The van der Waals surface area contributed by atoms with Crippen LogP contribution in [0.3, 0.4) is 0 Å². The topological polar surface area (TPSA) is 74.3 Å². The van der Waals surface area contributed by atoms with Crippen LogP contribution >= 0.6 is 0 Å². The quantitative estimate of drug-likeness (QED) is 0.687. The first-order chi connectivity index (χ1) is 14.7. The molecule has 0 radical (unpaired) electrons. The van der Waals surface area contributed by atoms with Gasteiger partial charge in [-0.1, -0.05) is 54.6 Å². The smallest absolute Gasteiger partial charge is 0.246 e. The third-order valence-electron chi connectivity index (χ3n) is 6.08. The lowest BCUT2D eigenvalue weighted by atomic mass is 10.0. The summed E-state index contributed by atoms with van der Waals surface area (Å²) in [6.07, 6.45) is 2.96. The normalized spacial score (nSPS) is 23.5. The number of carbonyl (C=O) groups excluding carboxylic acids is 2. The largest absolute Gasteiger partial charge is 0.342 e. The number of nitrogens with one attached hydrogen (secondary N) is 2. The van der Waals surface area contributed by atoms with Crippen molar-refractivity contribution in [2.45, 2.75) is 37.5 Å². The second kappa shape index (κ2) is 7.88. The molecule has 3 atom stereocenters. The Balaban J connectivity index is 1.26. The second-order valence-corrected chi connectivity index (χ2v) is 8.06. The van der Waals surface area contributed by atoms with E-state index in [0.717, 1.165) is 22.0 Å². The van der Waals surface area contributed by atoms with Crippen LogP contribution in [0.2, 0.25) is 0 Å². The van der Waals surface area contributed by atoms with Crippen molar-refractivity contribution in [1.29, 1.82) is 0 Å². The fourth-order valence-corrected chi connectivity index (χ4v) is 4.56. The Bertz CT molecular complexity index is 1080. The van der Waals surface area contributed by atoms with Gasteiger partial charge < -0.3 is 15.5 Å². The van der Waals surface area contributed by atoms with Gasteiger partial charge in [0, 0.05) is 37.1 Å². The SMILES string of the molecule is O=C1N[C@H](Cc2ccccc2)C(=O)N2C[C@@H](NCc3cccc4cccnc34)C[C@@H]12. The zero-order chi connectivity index (χ0) is 20.5. The lowest BCUT2D eigenvalue weighted by Crippen LogP contribution is -2.61. The summed E-state index contributed by atoms with van der Waals surface area (Å²) in [5.74, 6) is -0.0359. The molecule has 6 heteroatoms. The number of hydrogen-bond acceptors (Lipinski definition) is 4. The lowest BCUT2D eigenvalue weighted by Gasteiger charge is -2.34. The molecule has 2 amide bonds. The first-order valence-electron chi connectivity index (χ1n) is 10.4. The van der Waals surface area contributed by atoms with Crippen LogP contribution in [0.15, 0.2) is 66.9 Å². The van der Waals surface area contributed by atoms with Crippen LogP contribution in [-0.2, 0) is 22.6 Å². The van der Waals surface area contributed by atoms with Gasteiger partial charge in [-0.3, -0.25) is 14.6 Å². The minimum Gasteiger partial charge on any atom is -0.342 e. The van der Waals surface area contributed by atoms with E-state index in [9.17, 15) is 9.59 Å². The molecule has 0 unspecified atom stereocenters. The number of hydrogen-bond donors (Lipinski definition) is 2. The van der Waals surface area contributed by atoms with Crippen LogP contribution in [0.25, 0.3) is 10.9 Å². The van der Waals surface area contributed by atoms with Crippen molar-refractivity contribution < 1.29 is 9.59 Å². The zero-order valence-electron chi connectivity index (χ0n) is 16.6. The molecule has 2 N–H and O–H groups in total. The number of nitrogens with zero attached hydrogens (tertiary/aromatic N) is 2. The summed E-state index contributed by atoms with van der Waals surface area (Å²) in [6.45, 7) is 1.21. The van der Waals surface area contributed by atoms with Crippen molar-refractivity contribution in [3.05, 3.63) is 78.0 Å². The molecule has 6 nitrogen and oxygen atoms in total. The summed E-state index contributed by atoms with van der Waals surface area (Å²) in [5.41, 5.74) is 3.16. The van der Waals surface area contributed by atoms with E-state index in [1.165, 1.54) is 0 Å². The molecule has 152 valence electrons. The molecule has 2 fully saturated rings. The number of carbonyl (C=O) groups is 2. The highest BCUT2D eigenvalue weighted by Gasteiger charge is 2.46. The maximum atomic E-state index is 13.0. The Morgan fingerprint density at radius 3 is 2.73 bits per heavy atom. The van der Waals surface area contributed by atoms with Crippen molar-refractivity contribution in [2.75, 3.05) is 6.54 Å². The molecule has 2 aromatic carbocycles.